The fourth-order valence-corrected chi connectivity index (χ4v) is 3.15. The summed E-state index contributed by atoms with van der Waals surface area (Å²) in [6.07, 6.45) is 3.50. The Bertz CT molecular complexity index is 498. The van der Waals surface area contributed by atoms with Crippen molar-refractivity contribution in [3.8, 4) is 0 Å². The average Bonchev–Trinajstić information content (AvgIpc) is 2.90. The van der Waals surface area contributed by atoms with Gasteiger partial charge in [-0.3, -0.25) is 0 Å². The van der Waals surface area contributed by atoms with Gasteiger partial charge in [-0.2, -0.15) is 0 Å². The van der Waals surface area contributed by atoms with Crippen molar-refractivity contribution in [2.75, 3.05) is 5.32 Å². The predicted octanol–water partition coefficient (Wildman–Crippen LogP) is 5.44. The van der Waals surface area contributed by atoms with Gasteiger partial charge in [0.15, 0.2) is 0 Å². The summed E-state index contributed by atoms with van der Waals surface area (Å²) in [5.74, 6) is 0. The maximum Gasteiger partial charge on any atom is 0.0578 e. The molecule has 0 aliphatic rings. The second kappa shape index (κ2) is 6.76. The lowest BCUT2D eigenvalue weighted by Crippen LogP contribution is -2.04. The highest BCUT2D eigenvalue weighted by molar-refractivity contribution is 7.12. The zero-order valence-electron chi connectivity index (χ0n) is 12.1. The molecular formula is C17H23NS. The molecule has 1 aromatic carbocycles. The van der Waals surface area contributed by atoms with Crippen LogP contribution in [0.2, 0.25) is 0 Å². The Balaban J connectivity index is 1.99. The number of hydrogen-bond acceptors (Lipinski definition) is 2. The van der Waals surface area contributed by atoms with Crippen LogP contribution in [0.4, 0.5) is 5.69 Å². The zero-order valence-corrected chi connectivity index (χ0v) is 12.9. The molecule has 0 aliphatic carbocycles. The number of thiophene rings is 1. The van der Waals surface area contributed by atoms with E-state index in [1.807, 2.05) is 11.3 Å². The van der Waals surface area contributed by atoms with Crippen LogP contribution >= 0.6 is 11.3 Å². The van der Waals surface area contributed by atoms with Crippen molar-refractivity contribution in [3.63, 3.8) is 0 Å². The lowest BCUT2D eigenvalue weighted by atomic mass is 10.1. The van der Waals surface area contributed by atoms with Crippen molar-refractivity contribution in [2.45, 2.75) is 46.1 Å². The van der Waals surface area contributed by atoms with E-state index in [1.165, 1.54) is 33.8 Å². The van der Waals surface area contributed by atoms with Crippen molar-refractivity contribution in [3.05, 3.63) is 51.7 Å². The van der Waals surface area contributed by atoms with Crippen molar-refractivity contribution < 1.29 is 0 Å². The summed E-state index contributed by atoms with van der Waals surface area (Å²) in [5, 5.41) is 3.58. The van der Waals surface area contributed by atoms with Gasteiger partial charge >= 0.3 is 0 Å². The van der Waals surface area contributed by atoms with E-state index in [-0.39, 0.29) is 0 Å². The molecule has 19 heavy (non-hydrogen) atoms. The van der Waals surface area contributed by atoms with Crippen molar-refractivity contribution in [2.24, 2.45) is 0 Å². The van der Waals surface area contributed by atoms with Gasteiger partial charge in [0, 0.05) is 15.4 Å². The van der Waals surface area contributed by atoms with Crippen LogP contribution in [-0.4, -0.2) is 0 Å². The lowest BCUT2D eigenvalue weighted by molar-refractivity contribution is 0.903. The van der Waals surface area contributed by atoms with Gasteiger partial charge in [0.05, 0.1) is 6.04 Å². The first-order valence-electron chi connectivity index (χ1n) is 7.17. The zero-order chi connectivity index (χ0) is 13.7. The van der Waals surface area contributed by atoms with E-state index in [4.69, 9.17) is 0 Å². The molecule has 1 unspecified atom stereocenters. The molecule has 1 atom stereocenters. The minimum atomic E-state index is 0.377. The smallest absolute Gasteiger partial charge is 0.0578 e. The van der Waals surface area contributed by atoms with E-state index < -0.39 is 0 Å². The molecule has 0 radical (unpaired) electrons. The molecule has 0 bridgehead atoms. The summed E-state index contributed by atoms with van der Waals surface area (Å²) < 4.78 is 0. The van der Waals surface area contributed by atoms with E-state index in [2.05, 4.69) is 62.5 Å². The van der Waals surface area contributed by atoms with Crippen LogP contribution in [0.15, 0.2) is 36.4 Å². The molecular weight excluding hydrogens is 250 g/mol. The van der Waals surface area contributed by atoms with E-state index in [1.54, 1.807) is 0 Å². The number of rotatable bonds is 6. The summed E-state index contributed by atoms with van der Waals surface area (Å²) in [4.78, 5) is 2.87. The van der Waals surface area contributed by atoms with Gasteiger partial charge in [-0.25, -0.2) is 0 Å². The molecule has 2 aromatic rings. The first-order chi connectivity index (χ1) is 9.22. The van der Waals surface area contributed by atoms with Crippen molar-refractivity contribution >= 4 is 17.0 Å². The lowest BCUT2D eigenvalue weighted by Gasteiger charge is -2.14. The first-order valence-corrected chi connectivity index (χ1v) is 7.98. The summed E-state index contributed by atoms with van der Waals surface area (Å²) in [6, 6.07) is 13.7. The van der Waals surface area contributed by atoms with Crippen LogP contribution in [0.3, 0.4) is 0 Å². The Morgan fingerprint density at radius 3 is 2.37 bits per heavy atom. The summed E-state index contributed by atoms with van der Waals surface area (Å²) in [7, 11) is 0. The molecule has 0 fully saturated rings. The van der Waals surface area contributed by atoms with Crippen LogP contribution < -0.4 is 5.32 Å². The maximum atomic E-state index is 3.58. The van der Waals surface area contributed by atoms with E-state index >= 15 is 0 Å². The van der Waals surface area contributed by atoms with E-state index in [0.29, 0.717) is 6.04 Å². The van der Waals surface area contributed by atoms with Gasteiger partial charge in [-0.05, 0) is 49.6 Å². The average molecular weight is 273 g/mol. The van der Waals surface area contributed by atoms with Crippen LogP contribution in [0.25, 0.3) is 0 Å². The van der Waals surface area contributed by atoms with E-state index in [0.717, 1.165) is 6.42 Å². The van der Waals surface area contributed by atoms with Gasteiger partial charge in [0.2, 0.25) is 0 Å². The third kappa shape index (κ3) is 3.84. The van der Waals surface area contributed by atoms with E-state index in [9.17, 15) is 0 Å². The second-order valence-electron chi connectivity index (χ2n) is 4.97. The summed E-state index contributed by atoms with van der Waals surface area (Å²) in [5.41, 5.74) is 2.63. The van der Waals surface area contributed by atoms with Gasteiger partial charge in [0.25, 0.3) is 0 Å². The fourth-order valence-electron chi connectivity index (χ4n) is 2.19. The summed E-state index contributed by atoms with van der Waals surface area (Å²) >= 11 is 1.91. The SMILES string of the molecule is CCCc1ccc(NC(C)c2ccc(CC)s2)cc1. The highest BCUT2D eigenvalue weighted by atomic mass is 32.1. The number of nitrogens with one attached hydrogen (secondary N) is 1. The number of anilines is 1. The van der Waals surface area contributed by atoms with Crippen molar-refractivity contribution in [1.29, 1.82) is 0 Å². The molecule has 1 N–H and O–H groups in total. The minimum absolute atomic E-state index is 0.377. The monoisotopic (exact) mass is 273 g/mol. The third-order valence-electron chi connectivity index (χ3n) is 3.33. The Kier molecular flexibility index (Phi) is 5.03. The highest BCUT2D eigenvalue weighted by Crippen LogP contribution is 2.26. The Morgan fingerprint density at radius 1 is 1.05 bits per heavy atom. The number of hydrogen-bond donors (Lipinski definition) is 1. The second-order valence-corrected chi connectivity index (χ2v) is 6.17. The minimum Gasteiger partial charge on any atom is -0.378 e. The highest BCUT2D eigenvalue weighted by Gasteiger charge is 2.08. The molecule has 102 valence electrons. The van der Waals surface area contributed by atoms with Gasteiger partial charge in [-0.1, -0.05) is 32.4 Å². The molecule has 2 heteroatoms. The van der Waals surface area contributed by atoms with Gasteiger partial charge in [-0.15, -0.1) is 11.3 Å². The molecule has 0 spiro atoms. The molecule has 1 nitrogen and oxygen atoms in total. The van der Waals surface area contributed by atoms with Gasteiger partial charge < -0.3 is 5.32 Å². The predicted molar refractivity (Wildman–Crippen MR) is 86.2 cm³/mol. The topological polar surface area (TPSA) is 12.0 Å². The third-order valence-corrected chi connectivity index (χ3v) is 4.75. The Labute approximate surface area is 120 Å². The van der Waals surface area contributed by atoms with Crippen LogP contribution in [0.5, 0.6) is 0 Å². The Hall–Kier alpha value is -1.28. The molecule has 1 heterocycles. The maximum absolute atomic E-state index is 3.58. The van der Waals surface area contributed by atoms with Crippen LogP contribution in [0, 0.1) is 0 Å². The quantitative estimate of drug-likeness (QED) is 0.739. The Morgan fingerprint density at radius 2 is 1.79 bits per heavy atom. The fraction of sp³-hybridized carbons (Fsp3) is 0.412. The standard InChI is InChI=1S/C17H23NS/c1-4-6-14-7-9-15(10-8-14)18-13(3)17-12-11-16(5-2)19-17/h7-13,18H,4-6H2,1-3H3. The molecule has 1 aromatic heterocycles. The molecule has 0 saturated carbocycles. The molecule has 0 saturated heterocycles. The molecule has 0 amide bonds. The normalized spacial score (nSPS) is 12.4. The van der Waals surface area contributed by atoms with Crippen molar-refractivity contribution in [1.82, 2.24) is 0 Å². The largest absolute Gasteiger partial charge is 0.378 e. The van der Waals surface area contributed by atoms with Gasteiger partial charge in [0.1, 0.15) is 0 Å². The molecule has 0 aliphatic heterocycles. The first kappa shape index (κ1) is 14.1. The number of aryl methyl sites for hydroxylation is 2. The van der Waals surface area contributed by atoms with Crippen LogP contribution in [-0.2, 0) is 12.8 Å². The summed E-state index contributed by atoms with van der Waals surface area (Å²) in [6.45, 7) is 6.65. The van der Waals surface area contributed by atoms with Crippen LogP contribution in [0.1, 0.15) is 48.6 Å². The number of benzene rings is 1. The molecule has 2 rings (SSSR count).